The minimum atomic E-state index is -1.36. The predicted molar refractivity (Wildman–Crippen MR) is 61.6 cm³/mol. The van der Waals surface area contributed by atoms with Gasteiger partial charge in [0.1, 0.15) is 5.97 Å². The molecule has 2 aromatic carbocycles. The number of hydrogen-bond donors (Lipinski definition) is 1. The van der Waals surface area contributed by atoms with Crippen LogP contribution in [0, 0.1) is 0 Å². The molecule has 0 aliphatic carbocycles. The zero-order valence-corrected chi connectivity index (χ0v) is 9.30. The van der Waals surface area contributed by atoms with E-state index >= 15 is 0 Å². The summed E-state index contributed by atoms with van der Waals surface area (Å²) in [6.07, 6.45) is 0. The van der Waals surface area contributed by atoms with Gasteiger partial charge in [-0.25, -0.2) is 0 Å². The number of carbonyl (C=O) groups is 1. The Hall–Kier alpha value is -2.13. The van der Waals surface area contributed by atoms with Crippen LogP contribution in [0.15, 0.2) is 60.7 Å². The second-order valence-electron chi connectivity index (χ2n) is 3.92. The van der Waals surface area contributed by atoms with E-state index in [1.54, 1.807) is 48.5 Å². The minimum absolute atomic E-state index is 0.617. The third-order valence-electron chi connectivity index (χ3n) is 2.88. The molecular formula is C14H13NO2. The van der Waals surface area contributed by atoms with Crippen LogP contribution in [0.3, 0.4) is 0 Å². The first-order valence-electron chi connectivity index (χ1n) is 5.33. The SMILES string of the molecule is [NH3+]C(C(=O)[O-])(c1ccccc1)c1ccccc1. The lowest BCUT2D eigenvalue weighted by Gasteiger charge is -2.27. The molecular weight excluding hydrogens is 214 g/mol. The molecule has 0 fully saturated rings. The highest BCUT2D eigenvalue weighted by Crippen LogP contribution is 2.24. The highest BCUT2D eigenvalue weighted by atomic mass is 16.4. The van der Waals surface area contributed by atoms with Crippen molar-refractivity contribution in [2.24, 2.45) is 0 Å². The van der Waals surface area contributed by atoms with Gasteiger partial charge < -0.3 is 15.6 Å². The van der Waals surface area contributed by atoms with E-state index in [9.17, 15) is 9.90 Å². The normalized spacial score (nSPS) is 11.1. The first kappa shape index (κ1) is 11.4. The van der Waals surface area contributed by atoms with Crippen molar-refractivity contribution >= 4 is 5.97 Å². The van der Waals surface area contributed by atoms with E-state index < -0.39 is 11.5 Å². The van der Waals surface area contributed by atoms with Gasteiger partial charge in [-0.2, -0.15) is 0 Å². The second-order valence-corrected chi connectivity index (χ2v) is 3.92. The van der Waals surface area contributed by atoms with Gasteiger partial charge in [-0.1, -0.05) is 60.7 Å². The molecule has 3 heteroatoms. The van der Waals surface area contributed by atoms with Crippen LogP contribution in [0.25, 0.3) is 0 Å². The van der Waals surface area contributed by atoms with E-state index in [-0.39, 0.29) is 0 Å². The monoisotopic (exact) mass is 227 g/mol. The van der Waals surface area contributed by atoms with Crippen LogP contribution in [-0.4, -0.2) is 5.97 Å². The average molecular weight is 227 g/mol. The van der Waals surface area contributed by atoms with Crippen LogP contribution in [0.5, 0.6) is 0 Å². The smallest absolute Gasteiger partial charge is 0.186 e. The molecule has 0 aromatic heterocycles. The van der Waals surface area contributed by atoms with E-state index in [2.05, 4.69) is 5.73 Å². The summed E-state index contributed by atoms with van der Waals surface area (Å²) < 4.78 is 0. The number of hydrogen-bond acceptors (Lipinski definition) is 2. The van der Waals surface area contributed by atoms with Gasteiger partial charge in [-0.3, -0.25) is 0 Å². The topological polar surface area (TPSA) is 67.8 Å². The lowest BCUT2D eigenvalue weighted by atomic mass is 9.84. The fourth-order valence-electron chi connectivity index (χ4n) is 1.85. The molecule has 2 aromatic rings. The molecule has 0 saturated carbocycles. The Labute approximate surface area is 99.5 Å². The molecule has 0 saturated heterocycles. The van der Waals surface area contributed by atoms with Crippen molar-refractivity contribution in [2.45, 2.75) is 5.54 Å². The third-order valence-corrected chi connectivity index (χ3v) is 2.88. The summed E-state index contributed by atoms with van der Waals surface area (Å²) in [5.41, 5.74) is 3.72. The Morgan fingerprint density at radius 1 is 0.882 bits per heavy atom. The summed E-state index contributed by atoms with van der Waals surface area (Å²) in [6.45, 7) is 0. The molecule has 0 heterocycles. The van der Waals surface area contributed by atoms with Gasteiger partial charge >= 0.3 is 0 Å². The third kappa shape index (κ3) is 1.92. The molecule has 0 amide bonds. The maximum absolute atomic E-state index is 11.4. The molecule has 0 unspecified atom stereocenters. The number of quaternary nitrogens is 1. The largest absolute Gasteiger partial charge is 0.543 e. The van der Waals surface area contributed by atoms with E-state index in [4.69, 9.17) is 0 Å². The van der Waals surface area contributed by atoms with Crippen molar-refractivity contribution in [2.75, 3.05) is 0 Å². The number of carboxylic acids is 1. The van der Waals surface area contributed by atoms with Gasteiger partial charge in [0.05, 0.1) is 0 Å². The quantitative estimate of drug-likeness (QED) is 0.797. The van der Waals surface area contributed by atoms with Crippen molar-refractivity contribution in [3.8, 4) is 0 Å². The molecule has 0 aliphatic rings. The molecule has 0 atom stereocenters. The van der Waals surface area contributed by atoms with Crippen molar-refractivity contribution in [3.63, 3.8) is 0 Å². The zero-order valence-electron chi connectivity index (χ0n) is 9.30. The van der Waals surface area contributed by atoms with Gasteiger partial charge in [0.15, 0.2) is 5.54 Å². The number of carbonyl (C=O) groups excluding carboxylic acids is 1. The summed E-state index contributed by atoms with van der Waals surface area (Å²) in [5.74, 6) is -1.20. The van der Waals surface area contributed by atoms with Crippen LogP contribution in [0.4, 0.5) is 0 Å². The Kier molecular flexibility index (Phi) is 2.93. The fraction of sp³-hybridized carbons (Fsp3) is 0.0714. The average Bonchev–Trinajstić information content (AvgIpc) is 2.39. The molecule has 3 nitrogen and oxygen atoms in total. The van der Waals surface area contributed by atoms with Gasteiger partial charge in [-0.15, -0.1) is 0 Å². The molecule has 3 N–H and O–H groups in total. The molecule has 0 radical (unpaired) electrons. The molecule has 0 aliphatic heterocycles. The number of carboxylic acid groups (broad SMARTS) is 1. The number of aliphatic carboxylic acids is 1. The maximum atomic E-state index is 11.4. The van der Waals surface area contributed by atoms with Gasteiger partial charge in [0.25, 0.3) is 0 Å². The lowest BCUT2D eigenvalue weighted by Crippen LogP contribution is -2.77. The Morgan fingerprint density at radius 2 is 1.24 bits per heavy atom. The Morgan fingerprint density at radius 3 is 1.53 bits per heavy atom. The van der Waals surface area contributed by atoms with Gasteiger partial charge in [0.2, 0.25) is 0 Å². The molecule has 2 rings (SSSR count). The van der Waals surface area contributed by atoms with Crippen molar-refractivity contribution in [1.82, 2.24) is 0 Å². The van der Waals surface area contributed by atoms with Crippen LogP contribution >= 0.6 is 0 Å². The predicted octanol–water partition coefficient (Wildman–Crippen LogP) is -0.0780. The Balaban J connectivity index is 2.59. The van der Waals surface area contributed by atoms with Gasteiger partial charge in [0, 0.05) is 11.1 Å². The maximum Gasteiger partial charge on any atom is 0.186 e. The second kappa shape index (κ2) is 4.39. The van der Waals surface area contributed by atoms with E-state index in [1.165, 1.54) is 0 Å². The standard InChI is InChI=1S/C14H13NO2/c15-14(13(16)17,11-7-3-1-4-8-11)12-9-5-2-6-10-12/h1-10H,15H2,(H,16,17). The summed E-state index contributed by atoms with van der Waals surface area (Å²) in [7, 11) is 0. The van der Waals surface area contributed by atoms with E-state index in [0.717, 1.165) is 0 Å². The summed E-state index contributed by atoms with van der Waals surface area (Å²) in [4.78, 5) is 11.4. The van der Waals surface area contributed by atoms with Crippen LogP contribution in [-0.2, 0) is 10.3 Å². The number of benzene rings is 2. The van der Waals surface area contributed by atoms with Gasteiger partial charge in [-0.05, 0) is 0 Å². The van der Waals surface area contributed by atoms with Crippen molar-refractivity contribution < 1.29 is 15.6 Å². The first-order chi connectivity index (χ1) is 8.15. The molecule has 0 spiro atoms. The number of rotatable bonds is 3. The highest BCUT2D eigenvalue weighted by molar-refractivity contribution is 5.81. The summed E-state index contributed by atoms with van der Waals surface area (Å²) in [5, 5.41) is 11.4. The van der Waals surface area contributed by atoms with Crippen LogP contribution in [0.2, 0.25) is 0 Å². The van der Waals surface area contributed by atoms with Crippen molar-refractivity contribution in [1.29, 1.82) is 0 Å². The van der Waals surface area contributed by atoms with E-state index in [1.807, 2.05) is 12.1 Å². The molecule has 17 heavy (non-hydrogen) atoms. The Bertz CT molecular complexity index is 469. The summed E-state index contributed by atoms with van der Waals surface area (Å²) in [6, 6.07) is 17.8. The van der Waals surface area contributed by atoms with Crippen LogP contribution in [0.1, 0.15) is 11.1 Å². The van der Waals surface area contributed by atoms with E-state index in [0.29, 0.717) is 11.1 Å². The molecule has 86 valence electrons. The van der Waals surface area contributed by atoms with Crippen molar-refractivity contribution in [3.05, 3.63) is 71.8 Å². The zero-order chi connectivity index (χ0) is 12.3. The van der Waals surface area contributed by atoms with Crippen LogP contribution < -0.4 is 10.8 Å². The highest BCUT2D eigenvalue weighted by Gasteiger charge is 2.35. The lowest BCUT2D eigenvalue weighted by molar-refractivity contribution is -0.480. The fourth-order valence-corrected chi connectivity index (χ4v) is 1.85. The summed E-state index contributed by atoms with van der Waals surface area (Å²) >= 11 is 0. The first-order valence-corrected chi connectivity index (χ1v) is 5.33. The molecule has 0 bridgehead atoms. The minimum Gasteiger partial charge on any atom is -0.543 e.